The zero-order valence-corrected chi connectivity index (χ0v) is 11.0. The van der Waals surface area contributed by atoms with E-state index >= 15 is 0 Å². The Morgan fingerprint density at radius 1 is 1.37 bits per heavy atom. The fourth-order valence-corrected chi connectivity index (χ4v) is 2.53. The fraction of sp³-hybridized carbons (Fsp3) is 0.154. The summed E-state index contributed by atoms with van der Waals surface area (Å²) in [5.41, 5.74) is 1.66. The fourth-order valence-electron chi connectivity index (χ4n) is 1.84. The van der Waals surface area contributed by atoms with Crippen molar-refractivity contribution in [2.75, 3.05) is 5.75 Å². The predicted octanol–water partition coefficient (Wildman–Crippen LogP) is 2.83. The van der Waals surface area contributed by atoms with Crippen LogP contribution in [0.4, 0.5) is 0 Å². The Morgan fingerprint density at radius 3 is 3.00 bits per heavy atom. The minimum Gasteiger partial charge on any atom is -0.416 e. The molecule has 2 aromatic heterocycles. The highest BCUT2D eigenvalue weighted by atomic mass is 32.2. The molecule has 19 heavy (non-hydrogen) atoms. The largest absolute Gasteiger partial charge is 0.416 e. The number of hydrogen-bond acceptors (Lipinski definition) is 5. The molecule has 1 aromatic carbocycles. The number of carbonyl (C=O) groups excluding carboxylic acids is 1. The molecular weight excluding hydrogens is 262 g/mol. The van der Waals surface area contributed by atoms with E-state index in [-0.39, 0.29) is 11.5 Å². The van der Waals surface area contributed by atoms with Gasteiger partial charge >= 0.3 is 0 Å². The van der Waals surface area contributed by atoms with Crippen LogP contribution in [0.25, 0.3) is 10.9 Å². The van der Waals surface area contributed by atoms with Crippen LogP contribution in [0, 0.1) is 6.92 Å². The topological polar surface area (TPSA) is 71.8 Å². The predicted molar refractivity (Wildman–Crippen MR) is 72.4 cm³/mol. The molecule has 0 amide bonds. The standard InChI is InChI=1S/C13H11N3O2S/c1-8-15-16-13(18-8)19-7-12(17)10-6-14-11-5-3-2-4-9(10)11/h2-6,14H,7H2,1H3. The summed E-state index contributed by atoms with van der Waals surface area (Å²) in [6.07, 6.45) is 1.74. The molecule has 0 spiro atoms. The Morgan fingerprint density at radius 2 is 2.21 bits per heavy atom. The van der Waals surface area contributed by atoms with E-state index in [2.05, 4.69) is 15.2 Å². The van der Waals surface area contributed by atoms with Gasteiger partial charge in [0.25, 0.3) is 5.22 Å². The summed E-state index contributed by atoms with van der Waals surface area (Å²) < 4.78 is 5.22. The molecule has 0 aliphatic rings. The number of H-pyrrole nitrogens is 1. The maximum absolute atomic E-state index is 12.2. The Balaban J connectivity index is 1.77. The van der Waals surface area contributed by atoms with Crippen molar-refractivity contribution in [3.8, 4) is 0 Å². The van der Waals surface area contributed by atoms with Gasteiger partial charge in [-0.25, -0.2) is 0 Å². The molecule has 96 valence electrons. The van der Waals surface area contributed by atoms with Gasteiger partial charge in [-0.15, -0.1) is 10.2 Å². The molecular formula is C13H11N3O2S. The highest BCUT2D eigenvalue weighted by Gasteiger charge is 2.13. The van der Waals surface area contributed by atoms with Crippen LogP contribution in [0.2, 0.25) is 0 Å². The summed E-state index contributed by atoms with van der Waals surface area (Å²) in [5.74, 6) is 0.823. The van der Waals surface area contributed by atoms with Crippen LogP contribution in [0.3, 0.4) is 0 Å². The van der Waals surface area contributed by atoms with Crippen LogP contribution in [-0.4, -0.2) is 26.7 Å². The van der Waals surface area contributed by atoms with Crippen molar-refractivity contribution in [2.45, 2.75) is 12.1 Å². The van der Waals surface area contributed by atoms with Gasteiger partial charge in [-0.3, -0.25) is 4.79 Å². The summed E-state index contributed by atoms with van der Waals surface area (Å²) in [7, 11) is 0. The van der Waals surface area contributed by atoms with Crippen LogP contribution in [-0.2, 0) is 0 Å². The Hall–Kier alpha value is -2.08. The van der Waals surface area contributed by atoms with Crippen molar-refractivity contribution in [3.05, 3.63) is 41.9 Å². The number of benzene rings is 1. The monoisotopic (exact) mass is 273 g/mol. The molecule has 0 aliphatic heterocycles. The second kappa shape index (κ2) is 4.89. The number of aryl methyl sites for hydroxylation is 1. The summed E-state index contributed by atoms with van der Waals surface area (Å²) in [5, 5.41) is 8.93. The highest BCUT2D eigenvalue weighted by Crippen LogP contribution is 2.22. The minimum atomic E-state index is 0.0401. The first-order valence-corrected chi connectivity index (χ1v) is 6.75. The Labute approximate surface area is 113 Å². The molecule has 0 bridgehead atoms. The average molecular weight is 273 g/mol. The quantitative estimate of drug-likeness (QED) is 0.584. The zero-order valence-electron chi connectivity index (χ0n) is 10.2. The molecule has 0 saturated heterocycles. The number of para-hydroxylation sites is 1. The van der Waals surface area contributed by atoms with E-state index in [9.17, 15) is 4.79 Å². The lowest BCUT2D eigenvalue weighted by atomic mass is 10.1. The zero-order chi connectivity index (χ0) is 13.2. The molecule has 3 rings (SSSR count). The first kappa shape index (κ1) is 12.0. The second-order valence-electron chi connectivity index (χ2n) is 4.05. The lowest BCUT2D eigenvalue weighted by Gasteiger charge is -1.96. The van der Waals surface area contributed by atoms with Crippen LogP contribution >= 0.6 is 11.8 Å². The van der Waals surface area contributed by atoms with Gasteiger partial charge in [-0.05, 0) is 6.07 Å². The van der Waals surface area contributed by atoms with E-state index in [4.69, 9.17) is 4.42 Å². The third kappa shape index (κ3) is 2.39. The van der Waals surface area contributed by atoms with Crippen molar-refractivity contribution < 1.29 is 9.21 Å². The lowest BCUT2D eigenvalue weighted by Crippen LogP contribution is -2.01. The number of Topliss-reactive ketones (excluding diaryl/α,β-unsaturated/α-hetero) is 1. The number of rotatable bonds is 4. The van der Waals surface area contributed by atoms with Gasteiger partial charge in [0, 0.05) is 29.6 Å². The van der Waals surface area contributed by atoms with E-state index in [0.717, 1.165) is 10.9 Å². The first-order valence-electron chi connectivity index (χ1n) is 5.76. The molecule has 0 atom stereocenters. The van der Waals surface area contributed by atoms with Gasteiger partial charge in [-0.1, -0.05) is 30.0 Å². The second-order valence-corrected chi connectivity index (χ2v) is 4.97. The number of hydrogen-bond donors (Lipinski definition) is 1. The number of nitrogens with zero attached hydrogens (tertiary/aromatic N) is 2. The molecule has 0 fully saturated rings. The first-order chi connectivity index (χ1) is 9.24. The van der Waals surface area contributed by atoms with Crippen molar-refractivity contribution in [1.29, 1.82) is 0 Å². The third-order valence-electron chi connectivity index (χ3n) is 2.72. The maximum atomic E-state index is 12.2. The van der Waals surface area contributed by atoms with Crippen molar-refractivity contribution in [2.24, 2.45) is 0 Å². The summed E-state index contributed by atoms with van der Waals surface area (Å²) in [6, 6.07) is 7.73. The molecule has 2 heterocycles. The van der Waals surface area contributed by atoms with E-state index in [0.29, 0.717) is 16.7 Å². The van der Waals surface area contributed by atoms with Gasteiger partial charge in [0.15, 0.2) is 5.78 Å². The highest BCUT2D eigenvalue weighted by molar-refractivity contribution is 7.99. The molecule has 0 radical (unpaired) electrons. The van der Waals surface area contributed by atoms with Crippen molar-refractivity contribution in [1.82, 2.24) is 15.2 Å². The van der Waals surface area contributed by atoms with Crippen LogP contribution < -0.4 is 0 Å². The van der Waals surface area contributed by atoms with E-state index in [1.165, 1.54) is 11.8 Å². The van der Waals surface area contributed by atoms with E-state index in [1.54, 1.807) is 13.1 Å². The van der Waals surface area contributed by atoms with Gasteiger partial charge in [0.1, 0.15) is 0 Å². The number of aromatic amines is 1. The Kier molecular flexibility index (Phi) is 3.08. The molecule has 5 nitrogen and oxygen atoms in total. The van der Waals surface area contributed by atoms with Gasteiger partial charge in [-0.2, -0.15) is 0 Å². The number of ketones is 1. The molecule has 3 aromatic rings. The molecule has 0 aliphatic carbocycles. The smallest absolute Gasteiger partial charge is 0.277 e. The average Bonchev–Trinajstić information content (AvgIpc) is 3.02. The van der Waals surface area contributed by atoms with Crippen molar-refractivity contribution in [3.63, 3.8) is 0 Å². The number of thioether (sulfide) groups is 1. The van der Waals surface area contributed by atoms with Crippen LogP contribution in [0.5, 0.6) is 0 Å². The number of carbonyl (C=O) groups is 1. The molecule has 6 heteroatoms. The number of aromatic nitrogens is 3. The number of fused-ring (bicyclic) bond motifs is 1. The summed E-state index contributed by atoms with van der Waals surface area (Å²) in [6.45, 7) is 1.72. The minimum absolute atomic E-state index is 0.0401. The summed E-state index contributed by atoms with van der Waals surface area (Å²) in [4.78, 5) is 15.3. The maximum Gasteiger partial charge on any atom is 0.277 e. The molecule has 1 N–H and O–H groups in total. The van der Waals surface area contributed by atoms with Crippen molar-refractivity contribution >= 4 is 28.4 Å². The molecule has 0 saturated carbocycles. The van der Waals surface area contributed by atoms with E-state index < -0.39 is 0 Å². The Bertz CT molecular complexity index is 732. The SMILES string of the molecule is Cc1nnc(SCC(=O)c2c[nH]c3ccccc23)o1. The lowest BCUT2D eigenvalue weighted by molar-refractivity contribution is 0.102. The molecule has 0 unspecified atom stereocenters. The summed E-state index contributed by atoms with van der Waals surface area (Å²) >= 11 is 1.25. The van der Waals surface area contributed by atoms with E-state index in [1.807, 2.05) is 24.3 Å². The van der Waals surface area contributed by atoms with Gasteiger partial charge in [0.2, 0.25) is 5.89 Å². The number of nitrogens with one attached hydrogen (secondary N) is 1. The van der Waals surface area contributed by atoms with Crippen LogP contribution in [0.1, 0.15) is 16.2 Å². The van der Waals surface area contributed by atoms with Gasteiger partial charge < -0.3 is 9.40 Å². The third-order valence-corrected chi connectivity index (χ3v) is 3.54. The van der Waals surface area contributed by atoms with Crippen LogP contribution in [0.15, 0.2) is 40.1 Å². The normalized spacial score (nSPS) is 11.0. The van der Waals surface area contributed by atoms with Gasteiger partial charge in [0.05, 0.1) is 5.75 Å².